The molecule has 0 aliphatic heterocycles. The Hall–Kier alpha value is -2.47. The second-order valence-electron chi connectivity index (χ2n) is 4.03. The van der Waals surface area contributed by atoms with Crippen molar-refractivity contribution in [1.29, 1.82) is 0 Å². The number of nitrogens with zero attached hydrogens (tertiary/aromatic N) is 1. The maximum absolute atomic E-state index is 11.7. The van der Waals surface area contributed by atoms with Crippen molar-refractivity contribution in [2.45, 2.75) is 0 Å². The van der Waals surface area contributed by atoms with E-state index in [4.69, 9.17) is 0 Å². The molecule has 0 spiro atoms. The van der Waals surface area contributed by atoms with Crippen molar-refractivity contribution < 1.29 is 9.59 Å². The Morgan fingerprint density at radius 2 is 1.76 bits per heavy atom. The van der Waals surface area contributed by atoms with Gasteiger partial charge in [0.2, 0.25) is 0 Å². The van der Waals surface area contributed by atoms with Gasteiger partial charge in [-0.25, -0.2) is 0 Å². The Kier molecular flexibility index (Phi) is 5.22. The number of carbonyl (C=O) groups excluding carboxylic acids is 2. The van der Waals surface area contributed by atoms with Crippen molar-refractivity contribution in [3.05, 3.63) is 70.5 Å². The molecule has 0 fully saturated rings. The maximum Gasteiger partial charge on any atom is 0.269 e. The lowest BCUT2D eigenvalue weighted by Crippen LogP contribution is -2.40. The number of hydrazine groups is 1. The number of aromatic nitrogens is 1. The Morgan fingerprint density at radius 3 is 2.48 bits per heavy atom. The van der Waals surface area contributed by atoms with Crippen LogP contribution in [0.15, 0.2) is 59.3 Å². The van der Waals surface area contributed by atoms with Gasteiger partial charge in [0.05, 0.1) is 0 Å². The SMILES string of the molecule is O=C(C=Cc1ccccc1Br)NNC(=O)c1ccncc1. The van der Waals surface area contributed by atoms with E-state index in [2.05, 4.69) is 31.8 Å². The van der Waals surface area contributed by atoms with Crippen LogP contribution in [0.25, 0.3) is 6.08 Å². The summed E-state index contributed by atoms with van der Waals surface area (Å²) in [5.41, 5.74) is 5.92. The van der Waals surface area contributed by atoms with E-state index >= 15 is 0 Å². The number of hydrogen-bond acceptors (Lipinski definition) is 3. The van der Waals surface area contributed by atoms with Crippen molar-refractivity contribution in [3.8, 4) is 0 Å². The van der Waals surface area contributed by atoms with Crippen LogP contribution >= 0.6 is 15.9 Å². The van der Waals surface area contributed by atoms with Gasteiger partial charge in [-0.05, 0) is 29.8 Å². The fourth-order valence-corrected chi connectivity index (χ4v) is 1.93. The van der Waals surface area contributed by atoms with Gasteiger partial charge in [-0.2, -0.15) is 0 Å². The predicted molar refractivity (Wildman–Crippen MR) is 83.0 cm³/mol. The summed E-state index contributed by atoms with van der Waals surface area (Å²) in [5.74, 6) is -0.826. The highest BCUT2D eigenvalue weighted by molar-refractivity contribution is 9.10. The van der Waals surface area contributed by atoms with Gasteiger partial charge in [-0.1, -0.05) is 34.1 Å². The summed E-state index contributed by atoms with van der Waals surface area (Å²) in [6, 6.07) is 10.6. The molecule has 0 bridgehead atoms. The van der Waals surface area contributed by atoms with Crippen LogP contribution in [0.5, 0.6) is 0 Å². The van der Waals surface area contributed by atoms with Gasteiger partial charge in [0, 0.05) is 28.5 Å². The molecule has 21 heavy (non-hydrogen) atoms. The summed E-state index contributed by atoms with van der Waals surface area (Å²) in [6.45, 7) is 0. The quantitative estimate of drug-likeness (QED) is 0.662. The maximum atomic E-state index is 11.7. The molecule has 2 N–H and O–H groups in total. The van der Waals surface area contributed by atoms with Crippen molar-refractivity contribution in [3.63, 3.8) is 0 Å². The number of rotatable bonds is 3. The summed E-state index contributed by atoms with van der Waals surface area (Å²) in [5, 5.41) is 0. The van der Waals surface area contributed by atoms with Crippen molar-refractivity contribution in [2.24, 2.45) is 0 Å². The highest BCUT2D eigenvalue weighted by atomic mass is 79.9. The fourth-order valence-electron chi connectivity index (χ4n) is 1.51. The summed E-state index contributed by atoms with van der Waals surface area (Å²) in [7, 11) is 0. The van der Waals surface area contributed by atoms with Gasteiger partial charge in [-0.15, -0.1) is 0 Å². The standard InChI is InChI=1S/C15H12BrN3O2/c16-13-4-2-1-3-11(13)5-6-14(20)18-19-15(21)12-7-9-17-10-8-12/h1-10H,(H,18,20)(H,19,21). The number of hydrogen-bond donors (Lipinski definition) is 2. The second-order valence-corrected chi connectivity index (χ2v) is 4.89. The molecule has 6 heteroatoms. The Labute approximate surface area is 130 Å². The zero-order valence-corrected chi connectivity index (χ0v) is 12.5. The molecule has 0 unspecified atom stereocenters. The topological polar surface area (TPSA) is 71.1 Å². The van der Waals surface area contributed by atoms with Crippen LogP contribution in [-0.2, 0) is 4.79 Å². The zero-order valence-electron chi connectivity index (χ0n) is 10.9. The lowest BCUT2D eigenvalue weighted by atomic mass is 10.2. The van der Waals surface area contributed by atoms with E-state index in [0.29, 0.717) is 5.56 Å². The van der Waals surface area contributed by atoms with E-state index in [1.165, 1.54) is 18.5 Å². The molecular formula is C15H12BrN3O2. The first-order valence-corrected chi connectivity index (χ1v) is 6.89. The molecule has 2 amide bonds. The molecule has 0 saturated heterocycles. The largest absolute Gasteiger partial charge is 0.269 e. The first-order chi connectivity index (χ1) is 10.2. The molecule has 5 nitrogen and oxygen atoms in total. The Balaban J connectivity index is 1.88. The van der Waals surface area contributed by atoms with Crippen molar-refractivity contribution >= 4 is 33.8 Å². The molecular weight excluding hydrogens is 334 g/mol. The first kappa shape index (κ1) is 14.9. The van der Waals surface area contributed by atoms with Crippen LogP contribution in [0.1, 0.15) is 15.9 Å². The predicted octanol–water partition coefficient (Wildman–Crippen LogP) is 2.32. The van der Waals surface area contributed by atoms with Gasteiger partial charge in [-0.3, -0.25) is 25.4 Å². The molecule has 1 aromatic carbocycles. The third kappa shape index (κ3) is 4.54. The fraction of sp³-hybridized carbons (Fsp3) is 0. The molecule has 2 rings (SSSR count). The minimum absolute atomic E-state index is 0.403. The van der Waals surface area contributed by atoms with E-state index in [-0.39, 0.29) is 0 Å². The Morgan fingerprint density at radius 1 is 1.05 bits per heavy atom. The van der Waals surface area contributed by atoms with Gasteiger partial charge in [0.15, 0.2) is 0 Å². The summed E-state index contributed by atoms with van der Waals surface area (Å²) in [6.07, 6.45) is 6.00. The van der Waals surface area contributed by atoms with Crippen LogP contribution in [-0.4, -0.2) is 16.8 Å². The minimum atomic E-state index is -0.423. The van der Waals surface area contributed by atoms with Gasteiger partial charge in [0.25, 0.3) is 11.8 Å². The molecule has 0 aliphatic carbocycles. The van der Waals surface area contributed by atoms with E-state index in [0.717, 1.165) is 10.0 Å². The molecule has 0 atom stereocenters. The highest BCUT2D eigenvalue weighted by Gasteiger charge is 2.04. The van der Waals surface area contributed by atoms with Gasteiger partial charge >= 0.3 is 0 Å². The first-order valence-electron chi connectivity index (χ1n) is 6.10. The van der Waals surface area contributed by atoms with Crippen molar-refractivity contribution in [1.82, 2.24) is 15.8 Å². The van der Waals surface area contributed by atoms with Gasteiger partial charge < -0.3 is 0 Å². The van der Waals surface area contributed by atoms with E-state index < -0.39 is 11.8 Å². The zero-order chi connectivity index (χ0) is 15.1. The third-order valence-corrected chi connectivity index (χ3v) is 3.28. The van der Waals surface area contributed by atoms with Crippen LogP contribution in [0.2, 0.25) is 0 Å². The number of amides is 2. The number of carbonyl (C=O) groups is 2. The molecule has 2 aromatic rings. The third-order valence-electron chi connectivity index (χ3n) is 2.56. The van der Waals surface area contributed by atoms with E-state index in [1.54, 1.807) is 18.2 Å². The lowest BCUT2D eigenvalue weighted by Gasteiger charge is -2.04. The minimum Gasteiger partial charge on any atom is -0.268 e. The number of halogens is 1. The smallest absolute Gasteiger partial charge is 0.268 e. The summed E-state index contributed by atoms with van der Waals surface area (Å²) >= 11 is 3.38. The molecule has 106 valence electrons. The molecule has 1 aromatic heterocycles. The second kappa shape index (κ2) is 7.35. The number of benzene rings is 1. The summed E-state index contributed by atoms with van der Waals surface area (Å²) < 4.78 is 0.884. The van der Waals surface area contributed by atoms with E-state index in [9.17, 15) is 9.59 Å². The normalized spacial score (nSPS) is 10.3. The monoisotopic (exact) mass is 345 g/mol. The lowest BCUT2D eigenvalue weighted by molar-refractivity contribution is -0.117. The van der Waals surface area contributed by atoms with Gasteiger partial charge in [0.1, 0.15) is 0 Å². The Bertz CT molecular complexity index is 672. The van der Waals surface area contributed by atoms with Crippen LogP contribution in [0, 0.1) is 0 Å². The van der Waals surface area contributed by atoms with Crippen LogP contribution < -0.4 is 10.9 Å². The molecule has 0 aliphatic rings. The van der Waals surface area contributed by atoms with E-state index in [1.807, 2.05) is 24.3 Å². The number of nitrogens with one attached hydrogen (secondary N) is 2. The average Bonchev–Trinajstić information content (AvgIpc) is 2.52. The average molecular weight is 346 g/mol. The molecule has 0 saturated carbocycles. The van der Waals surface area contributed by atoms with Crippen LogP contribution in [0.4, 0.5) is 0 Å². The van der Waals surface area contributed by atoms with Crippen LogP contribution in [0.3, 0.4) is 0 Å². The number of pyridine rings is 1. The summed E-state index contributed by atoms with van der Waals surface area (Å²) in [4.78, 5) is 27.1. The molecule has 1 heterocycles. The molecule has 0 radical (unpaired) electrons. The van der Waals surface area contributed by atoms with Crippen molar-refractivity contribution in [2.75, 3.05) is 0 Å². The highest BCUT2D eigenvalue weighted by Crippen LogP contribution is 2.16.